The molecule has 144 valence electrons. The molecule has 0 unspecified atom stereocenters. The van der Waals surface area contributed by atoms with Crippen molar-refractivity contribution in [1.82, 2.24) is 20.4 Å². The molecule has 5 rings (SSSR count). The lowest BCUT2D eigenvalue weighted by Gasteiger charge is -2.30. The van der Waals surface area contributed by atoms with Crippen LogP contribution in [-0.2, 0) is 17.8 Å². The van der Waals surface area contributed by atoms with Gasteiger partial charge in [-0.15, -0.1) is 0 Å². The summed E-state index contributed by atoms with van der Waals surface area (Å²) < 4.78 is 0. The molecule has 1 atom stereocenters. The van der Waals surface area contributed by atoms with Crippen LogP contribution in [0.4, 0.5) is 0 Å². The first-order chi connectivity index (χ1) is 13.8. The number of carbonyl (C=O) groups is 1. The van der Waals surface area contributed by atoms with Crippen LogP contribution in [-0.4, -0.2) is 40.6 Å². The first kappa shape index (κ1) is 17.4. The molecule has 0 bridgehead atoms. The molecular formula is C23H26N4O. The Morgan fingerprint density at radius 3 is 2.93 bits per heavy atom. The average molecular weight is 374 g/mol. The van der Waals surface area contributed by atoms with E-state index in [1.54, 1.807) is 0 Å². The number of fused-ring (bicyclic) bond motifs is 2. The summed E-state index contributed by atoms with van der Waals surface area (Å²) in [5, 5.41) is 13.7. The zero-order valence-electron chi connectivity index (χ0n) is 16.1. The third kappa shape index (κ3) is 3.10. The van der Waals surface area contributed by atoms with Crippen LogP contribution in [0.1, 0.15) is 30.5 Å². The lowest BCUT2D eigenvalue weighted by molar-refractivity contribution is -0.136. The second kappa shape index (κ2) is 7.40. The third-order valence-corrected chi connectivity index (χ3v) is 6.21. The lowest BCUT2D eigenvalue weighted by Crippen LogP contribution is -2.40. The van der Waals surface area contributed by atoms with Gasteiger partial charge in [-0.05, 0) is 43.1 Å². The van der Waals surface area contributed by atoms with E-state index >= 15 is 0 Å². The summed E-state index contributed by atoms with van der Waals surface area (Å²) in [4.78, 5) is 15.2. The van der Waals surface area contributed by atoms with Crippen molar-refractivity contribution in [3.63, 3.8) is 0 Å². The molecule has 3 heterocycles. The number of rotatable bonds is 2. The van der Waals surface area contributed by atoms with Crippen LogP contribution in [0.3, 0.4) is 0 Å². The largest absolute Gasteiger partial charge is 0.338 e. The Bertz CT molecular complexity index is 996. The molecule has 3 aromatic rings. The van der Waals surface area contributed by atoms with Gasteiger partial charge < -0.3 is 10.2 Å². The van der Waals surface area contributed by atoms with Crippen LogP contribution >= 0.6 is 0 Å². The van der Waals surface area contributed by atoms with Crippen LogP contribution in [0, 0.1) is 5.92 Å². The standard InChI is InChI=1S/C23H26N4O/c28-23(17-7-4-12-24-13-10-17)27-14-11-21-20(15-27)22(26-25-21)19-9-3-6-16-5-1-2-8-18(16)19/h1-3,5-6,8-9,17,24H,4,7,10-15H2,(H,25,26)/t17-/m0/s1. The van der Waals surface area contributed by atoms with E-state index in [9.17, 15) is 4.79 Å². The molecule has 2 aliphatic heterocycles. The number of nitrogens with one attached hydrogen (secondary N) is 2. The fourth-order valence-corrected chi connectivity index (χ4v) is 4.66. The van der Waals surface area contributed by atoms with Crippen LogP contribution in [0.5, 0.6) is 0 Å². The van der Waals surface area contributed by atoms with Gasteiger partial charge in [-0.25, -0.2) is 0 Å². The van der Waals surface area contributed by atoms with Crippen molar-refractivity contribution < 1.29 is 4.79 Å². The molecule has 5 nitrogen and oxygen atoms in total. The van der Waals surface area contributed by atoms with Gasteiger partial charge in [0.05, 0.1) is 5.69 Å². The molecule has 0 spiro atoms. The van der Waals surface area contributed by atoms with Crippen LogP contribution in [0.25, 0.3) is 22.0 Å². The van der Waals surface area contributed by atoms with E-state index in [1.807, 2.05) is 0 Å². The molecule has 0 radical (unpaired) electrons. The maximum absolute atomic E-state index is 13.2. The minimum absolute atomic E-state index is 0.157. The summed E-state index contributed by atoms with van der Waals surface area (Å²) in [5.41, 5.74) is 4.49. The zero-order chi connectivity index (χ0) is 18.9. The van der Waals surface area contributed by atoms with Gasteiger partial charge in [0, 0.05) is 42.2 Å². The Hall–Kier alpha value is -2.66. The van der Waals surface area contributed by atoms with Gasteiger partial charge in [-0.3, -0.25) is 9.89 Å². The molecule has 1 saturated heterocycles. The maximum atomic E-state index is 13.2. The molecule has 28 heavy (non-hydrogen) atoms. The summed E-state index contributed by atoms with van der Waals surface area (Å²) in [6, 6.07) is 14.8. The predicted octanol–water partition coefficient (Wildman–Crippen LogP) is 3.50. The van der Waals surface area contributed by atoms with Crippen molar-refractivity contribution >= 4 is 16.7 Å². The predicted molar refractivity (Wildman–Crippen MR) is 111 cm³/mol. The third-order valence-electron chi connectivity index (χ3n) is 6.21. The Kier molecular flexibility index (Phi) is 4.61. The molecule has 0 aliphatic carbocycles. The van der Waals surface area contributed by atoms with Crippen molar-refractivity contribution in [1.29, 1.82) is 0 Å². The van der Waals surface area contributed by atoms with Gasteiger partial charge in [-0.1, -0.05) is 42.5 Å². The highest BCUT2D eigenvalue weighted by atomic mass is 16.2. The molecule has 1 amide bonds. The number of H-pyrrole nitrogens is 1. The highest BCUT2D eigenvalue weighted by Gasteiger charge is 2.30. The molecular weight excluding hydrogens is 348 g/mol. The van der Waals surface area contributed by atoms with E-state index in [0.29, 0.717) is 12.5 Å². The molecule has 2 aromatic carbocycles. The normalized spacial score (nSPS) is 20.0. The Morgan fingerprint density at radius 1 is 1.07 bits per heavy atom. The first-order valence-corrected chi connectivity index (χ1v) is 10.3. The lowest BCUT2D eigenvalue weighted by atomic mass is 9.94. The number of hydrogen-bond acceptors (Lipinski definition) is 3. The zero-order valence-corrected chi connectivity index (χ0v) is 16.1. The van der Waals surface area contributed by atoms with E-state index in [1.165, 1.54) is 22.0 Å². The number of aromatic amines is 1. The van der Waals surface area contributed by atoms with E-state index in [-0.39, 0.29) is 5.92 Å². The van der Waals surface area contributed by atoms with Crippen molar-refractivity contribution in [2.75, 3.05) is 19.6 Å². The summed E-state index contributed by atoms with van der Waals surface area (Å²) in [6.45, 7) is 3.42. The number of amides is 1. The smallest absolute Gasteiger partial charge is 0.226 e. The van der Waals surface area contributed by atoms with Gasteiger partial charge in [0.25, 0.3) is 0 Å². The number of hydrogen-bond donors (Lipinski definition) is 2. The summed E-state index contributed by atoms with van der Waals surface area (Å²) in [7, 11) is 0. The minimum atomic E-state index is 0.157. The van der Waals surface area contributed by atoms with Crippen molar-refractivity contribution in [2.45, 2.75) is 32.2 Å². The number of carbonyl (C=O) groups excluding carboxylic acids is 1. The van der Waals surface area contributed by atoms with Gasteiger partial charge >= 0.3 is 0 Å². The fourth-order valence-electron chi connectivity index (χ4n) is 4.66. The number of nitrogens with zero attached hydrogens (tertiary/aromatic N) is 2. The highest BCUT2D eigenvalue weighted by Crippen LogP contribution is 2.33. The molecule has 2 aliphatic rings. The monoisotopic (exact) mass is 374 g/mol. The fraction of sp³-hybridized carbons (Fsp3) is 0.391. The van der Waals surface area contributed by atoms with Crippen LogP contribution < -0.4 is 5.32 Å². The van der Waals surface area contributed by atoms with Gasteiger partial charge in [0.2, 0.25) is 5.91 Å². The first-order valence-electron chi connectivity index (χ1n) is 10.3. The van der Waals surface area contributed by atoms with Crippen molar-refractivity contribution in [3.8, 4) is 11.3 Å². The Balaban J connectivity index is 1.46. The minimum Gasteiger partial charge on any atom is -0.338 e. The van der Waals surface area contributed by atoms with Crippen molar-refractivity contribution in [3.05, 3.63) is 53.7 Å². The quantitative estimate of drug-likeness (QED) is 0.722. The summed E-state index contributed by atoms with van der Waals surface area (Å²) in [5.74, 6) is 0.476. The molecule has 0 saturated carbocycles. The topological polar surface area (TPSA) is 61.0 Å². The molecule has 1 aromatic heterocycles. The van der Waals surface area contributed by atoms with E-state index in [2.05, 4.69) is 62.9 Å². The summed E-state index contributed by atoms with van der Waals surface area (Å²) in [6.07, 6.45) is 3.88. The Morgan fingerprint density at radius 2 is 1.96 bits per heavy atom. The average Bonchev–Trinajstić information content (AvgIpc) is 2.97. The van der Waals surface area contributed by atoms with E-state index in [4.69, 9.17) is 0 Å². The van der Waals surface area contributed by atoms with Crippen molar-refractivity contribution in [2.24, 2.45) is 5.92 Å². The highest BCUT2D eigenvalue weighted by molar-refractivity contribution is 5.96. The maximum Gasteiger partial charge on any atom is 0.226 e. The number of benzene rings is 2. The number of aromatic nitrogens is 2. The van der Waals surface area contributed by atoms with Crippen LogP contribution in [0.15, 0.2) is 42.5 Å². The summed E-state index contributed by atoms with van der Waals surface area (Å²) >= 11 is 0. The second-order valence-electron chi connectivity index (χ2n) is 7.94. The van der Waals surface area contributed by atoms with Gasteiger partial charge in [0.15, 0.2) is 0 Å². The van der Waals surface area contributed by atoms with E-state index < -0.39 is 0 Å². The van der Waals surface area contributed by atoms with Gasteiger partial charge in [-0.2, -0.15) is 5.10 Å². The van der Waals surface area contributed by atoms with E-state index in [0.717, 1.165) is 56.6 Å². The second-order valence-corrected chi connectivity index (χ2v) is 7.94. The molecule has 1 fully saturated rings. The van der Waals surface area contributed by atoms with Gasteiger partial charge in [0.1, 0.15) is 0 Å². The van der Waals surface area contributed by atoms with Crippen LogP contribution in [0.2, 0.25) is 0 Å². The Labute approximate surface area is 165 Å². The molecule has 5 heteroatoms. The SMILES string of the molecule is O=C([C@H]1CCCNCC1)N1CCc2[nH]nc(-c3cccc4ccccc34)c2C1. The molecule has 2 N–H and O–H groups in total.